The van der Waals surface area contributed by atoms with Crippen molar-refractivity contribution >= 4 is 5.91 Å². The lowest BCUT2D eigenvalue weighted by atomic mass is 9.93. The molecular formula is C26H31N3O4. The van der Waals surface area contributed by atoms with E-state index in [4.69, 9.17) is 4.74 Å². The Bertz CT molecular complexity index is 1160. The molecule has 0 spiro atoms. The number of fused-ring (bicyclic) bond motifs is 2. The molecule has 1 aromatic carbocycles. The molecule has 0 saturated carbocycles. The average molecular weight is 450 g/mol. The second kappa shape index (κ2) is 9.67. The summed E-state index contributed by atoms with van der Waals surface area (Å²) in [5, 5.41) is 12.7. The summed E-state index contributed by atoms with van der Waals surface area (Å²) in [5.74, 6) is -0.869. The highest BCUT2D eigenvalue weighted by Gasteiger charge is 2.38. The number of ether oxygens (including phenoxy) is 1. The lowest BCUT2D eigenvalue weighted by Gasteiger charge is -2.44. The number of methoxy groups -OCH3 is 1. The molecule has 33 heavy (non-hydrogen) atoms. The van der Waals surface area contributed by atoms with Crippen molar-refractivity contribution in [3.63, 3.8) is 0 Å². The minimum atomic E-state index is -0.560. The van der Waals surface area contributed by atoms with E-state index < -0.39 is 11.2 Å². The van der Waals surface area contributed by atoms with Crippen LogP contribution in [0, 0.1) is 0 Å². The first kappa shape index (κ1) is 22.9. The van der Waals surface area contributed by atoms with Gasteiger partial charge in [0.05, 0.1) is 6.04 Å². The quantitative estimate of drug-likeness (QED) is 0.683. The van der Waals surface area contributed by atoms with E-state index >= 15 is 0 Å². The maximum atomic E-state index is 13.3. The van der Waals surface area contributed by atoms with Gasteiger partial charge in [0, 0.05) is 32.5 Å². The fourth-order valence-corrected chi connectivity index (χ4v) is 4.80. The van der Waals surface area contributed by atoms with Crippen LogP contribution >= 0.6 is 0 Å². The zero-order chi connectivity index (χ0) is 23.5. The minimum Gasteiger partial charge on any atom is -0.502 e. The van der Waals surface area contributed by atoms with Gasteiger partial charge >= 0.3 is 0 Å². The molecule has 0 radical (unpaired) electrons. The summed E-state index contributed by atoms with van der Waals surface area (Å²) < 4.78 is 6.84. The van der Waals surface area contributed by atoms with E-state index in [0.29, 0.717) is 26.2 Å². The molecular weight excluding hydrogens is 418 g/mol. The van der Waals surface area contributed by atoms with Crippen molar-refractivity contribution in [3.8, 4) is 5.75 Å². The Morgan fingerprint density at radius 2 is 1.97 bits per heavy atom. The van der Waals surface area contributed by atoms with E-state index in [-0.39, 0.29) is 17.6 Å². The van der Waals surface area contributed by atoms with Crippen LogP contribution < -0.4 is 10.4 Å². The van der Waals surface area contributed by atoms with Gasteiger partial charge < -0.3 is 14.7 Å². The number of aromatic nitrogens is 1. The van der Waals surface area contributed by atoms with Crippen LogP contribution in [0.3, 0.4) is 0 Å². The predicted octanol–water partition coefficient (Wildman–Crippen LogP) is 3.52. The van der Waals surface area contributed by atoms with Gasteiger partial charge in [-0.25, -0.2) is 0 Å². The molecule has 1 amide bonds. The third-order valence-electron chi connectivity index (χ3n) is 6.46. The van der Waals surface area contributed by atoms with Gasteiger partial charge in [0.25, 0.3) is 5.91 Å². The van der Waals surface area contributed by atoms with E-state index in [2.05, 4.69) is 36.2 Å². The van der Waals surface area contributed by atoms with Crippen LogP contribution in [0.2, 0.25) is 0 Å². The van der Waals surface area contributed by atoms with Crippen LogP contribution in [0.4, 0.5) is 0 Å². The fourth-order valence-electron chi connectivity index (χ4n) is 4.80. The zero-order valence-electron chi connectivity index (χ0n) is 19.5. The molecule has 1 aliphatic heterocycles. The van der Waals surface area contributed by atoms with Crippen LogP contribution in [-0.4, -0.2) is 47.5 Å². The van der Waals surface area contributed by atoms with Gasteiger partial charge in [0.2, 0.25) is 5.43 Å². The Kier molecular flexibility index (Phi) is 6.70. The predicted molar refractivity (Wildman–Crippen MR) is 128 cm³/mol. The van der Waals surface area contributed by atoms with Crippen molar-refractivity contribution in [2.45, 2.75) is 39.2 Å². The highest BCUT2D eigenvalue weighted by Crippen LogP contribution is 2.39. The fraction of sp³-hybridized carbons (Fsp3) is 0.385. The van der Waals surface area contributed by atoms with E-state index in [1.54, 1.807) is 22.9 Å². The van der Waals surface area contributed by atoms with Gasteiger partial charge in [-0.15, -0.1) is 0 Å². The zero-order valence-corrected chi connectivity index (χ0v) is 19.5. The number of amides is 1. The molecule has 0 fully saturated rings. The van der Waals surface area contributed by atoms with Gasteiger partial charge in [-0.3, -0.25) is 19.3 Å². The number of carbonyl (C=O) groups is 1. The number of nitrogens with zero attached hydrogens (tertiary/aromatic N) is 3. The number of allylic oxidation sites excluding steroid dienone is 2. The molecule has 2 aliphatic rings. The van der Waals surface area contributed by atoms with Gasteiger partial charge in [0.1, 0.15) is 6.67 Å². The molecule has 7 nitrogen and oxygen atoms in total. The van der Waals surface area contributed by atoms with Crippen LogP contribution in [0.5, 0.6) is 5.75 Å². The molecule has 1 unspecified atom stereocenters. The third-order valence-corrected chi connectivity index (χ3v) is 6.46. The topological polar surface area (TPSA) is 75.0 Å². The van der Waals surface area contributed by atoms with Crippen molar-refractivity contribution in [2.24, 2.45) is 0 Å². The van der Waals surface area contributed by atoms with Crippen molar-refractivity contribution in [3.05, 3.63) is 86.9 Å². The van der Waals surface area contributed by atoms with Gasteiger partial charge in [-0.1, -0.05) is 42.0 Å². The first-order valence-electron chi connectivity index (χ1n) is 11.4. The molecule has 7 heteroatoms. The lowest BCUT2D eigenvalue weighted by molar-refractivity contribution is 0.0659. The Hall–Kier alpha value is -3.32. The monoisotopic (exact) mass is 449 g/mol. The van der Waals surface area contributed by atoms with E-state index in [0.717, 1.165) is 24.0 Å². The summed E-state index contributed by atoms with van der Waals surface area (Å²) >= 11 is 0. The highest BCUT2D eigenvalue weighted by molar-refractivity contribution is 5.96. The van der Waals surface area contributed by atoms with Crippen LogP contribution in [-0.2, 0) is 11.2 Å². The second-order valence-corrected chi connectivity index (χ2v) is 8.55. The third kappa shape index (κ3) is 4.20. The second-order valence-electron chi connectivity index (χ2n) is 8.55. The molecule has 4 rings (SSSR count). The van der Waals surface area contributed by atoms with E-state index in [9.17, 15) is 14.7 Å². The first-order valence-corrected chi connectivity index (χ1v) is 11.4. The highest BCUT2D eigenvalue weighted by atomic mass is 16.5. The Morgan fingerprint density at radius 1 is 1.18 bits per heavy atom. The van der Waals surface area contributed by atoms with E-state index in [1.165, 1.54) is 17.2 Å². The van der Waals surface area contributed by atoms with Crippen molar-refractivity contribution in [1.82, 2.24) is 9.58 Å². The summed E-state index contributed by atoms with van der Waals surface area (Å²) in [7, 11) is 1.63. The Balaban J connectivity index is 1.92. The average Bonchev–Trinajstić information content (AvgIpc) is 2.95. The molecule has 0 saturated heterocycles. The number of hydrogen-bond acceptors (Lipinski definition) is 5. The van der Waals surface area contributed by atoms with Gasteiger partial charge in [0.15, 0.2) is 11.4 Å². The molecule has 0 bridgehead atoms. The SMILES string of the molecule is C/C=C\C1=C(C)CCc2ccccc2C1N1CN(CCCOC)C(=O)c2c(O)c(=O)ccn21. The molecule has 1 aromatic heterocycles. The summed E-state index contributed by atoms with van der Waals surface area (Å²) in [6, 6.07) is 9.51. The normalized spacial score (nSPS) is 18.5. The minimum absolute atomic E-state index is 0.00498. The van der Waals surface area contributed by atoms with Crippen LogP contribution in [0.25, 0.3) is 0 Å². The number of aromatic hydroxyl groups is 1. The van der Waals surface area contributed by atoms with E-state index in [1.807, 2.05) is 19.1 Å². The maximum Gasteiger partial charge on any atom is 0.277 e. The molecule has 1 aliphatic carbocycles. The van der Waals surface area contributed by atoms with Gasteiger partial charge in [-0.05, 0) is 49.8 Å². The number of pyridine rings is 1. The van der Waals surface area contributed by atoms with Crippen molar-refractivity contribution < 1.29 is 14.6 Å². The maximum absolute atomic E-state index is 13.3. The van der Waals surface area contributed by atoms with Crippen molar-refractivity contribution in [2.75, 3.05) is 31.9 Å². The summed E-state index contributed by atoms with van der Waals surface area (Å²) in [6.45, 7) is 5.46. The standard InChI is InChI=1S/C26H31N3O4/c1-4-8-20-18(2)11-12-19-9-5-6-10-21(19)23(20)29-17-27(14-7-16-33-3)26(32)24-25(31)22(30)13-15-28(24)29/h4-6,8-10,13,15,23,31H,7,11-12,14,16-17H2,1-3H3/b8-4-. The first-order chi connectivity index (χ1) is 16.0. The number of hydrogen-bond donors (Lipinski definition) is 1. The molecule has 1 atom stereocenters. The largest absolute Gasteiger partial charge is 0.502 e. The van der Waals surface area contributed by atoms with Crippen molar-refractivity contribution in [1.29, 1.82) is 0 Å². The Labute approximate surface area is 194 Å². The van der Waals surface area contributed by atoms with Crippen LogP contribution in [0.1, 0.15) is 54.3 Å². The molecule has 2 heterocycles. The van der Waals surface area contributed by atoms with Crippen LogP contribution in [0.15, 0.2) is 64.6 Å². The lowest BCUT2D eigenvalue weighted by Crippen LogP contribution is -2.55. The molecule has 2 aromatic rings. The Morgan fingerprint density at radius 3 is 2.73 bits per heavy atom. The number of aryl methyl sites for hydroxylation is 1. The smallest absolute Gasteiger partial charge is 0.277 e. The summed E-state index contributed by atoms with van der Waals surface area (Å²) in [6.07, 6.45) is 8.31. The molecule has 174 valence electrons. The number of rotatable bonds is 6. The summed E-state index contributed by atoms with van der Waals surface area (Å²) in [4.78, 5) is 27.3. The number of carbonyl (C=O) groups excluding carboxylic acids is 1. The summed E-state index contributed by atoms with van der Waals surface area (Å²) in [5.41, 5.74) is 4.32. The number of benzene rings is 1. The van der Waals surface area contributed by atoms with Gasteiger partial charge in [-0.2, -0.15) is 0 Å². The molecule has 1 N–H and O–H groups in total.